The van der Waals surface area contributed by atoms with Crippen LogP contribution in [0.3, 0.4) is 0 Å². The van der Waals surface area contributed by atoms with Gasteiger partial charge in [-0.25, -0.2) is 9.97 Å². The minimum Gasteiger partial charge on any atom is -0.342 e. The zero-order valence-electron chi connectivity index (χ0n) is 28.9. The van der Waals surface area contributed by atoms with Crippen LogP contribution in [0.2, 0.25) is 5.02 Å². The maximum absolute atomic E-state index is 13.0. The van der Waals surface area contributed by atoms with E-state index >= 15 is 0 Å². The van der Waals surface area contributed by atoms with Crippen LogP contribution < -0.4 is 10.6 Å². The Morgan fingerprint density at radius 1 is 0.740 bits per heavy atom. The van der Waals surface area contributed by atoms with Gasteiger partial charge in [-0.2, -0.15) is 0 Å². The van der Waals surface area contributed by atoms with Crippen LogP contribution in [0.4, 0.5) is 0 Å². The lowest BCUT2D eigenvalue weighted by molar-refractivity contribution is -0.0404. The molecule has 2 aromatic carbocycles. The molecule has 2 saturated carbocycles. The fourth-order valence-electron chi connectivity index (χ4n) is 9.27. The van der Waals surface area contributed by atoms with Crippen molar-refractivity contribution in [3.63, 3.8) is 0 Å². The van der Waals surface area contributed by atoms with Gasteiger partial charge in [0.05, 0.1) is 22.6 Å². The molecule has 4 aliphatic heterocycles. The summed E-state index contributed by atoms with van der Waals surface area (Å²) in [5, 5.41) is 8.80. The summed E-state index contributed by atoms with van der Waals surface area (Å²) >= 11 is 7.66. The fourth-order valence-corrected chi connectivity index (χ4v) is 10.0. The summed E-state index contributed by atoms with van der Waals surface area (Å²) in [4.78, 5) is 39.0. The van der Waals surface area contributed by atoms with E-state index < -0.39 is 0 Å². The molecule has 1 unspecified atom stereocenters. The Hall–Kier alpha value is -3.63. The molecule has 50 heavy (non-hydrogen) atoms. The van der Waals surface area contributed by atoms with Crippen molar-refractivity contribution in [3.8, 4) is 0 Å². The molecular formula is C40H47ClN6O2S. The van der Waals surface area contributed by atoms with Crippen LogP contribution in [0.5, 0.6) is 0 Å². The fraction of sp³-hybridized carbons (Fsp3) is 0.450. The van der Waals surface area contributed by atoms with Crippen molar-refractivity contribution in [1.29, 1.82) is 0 Å². The zero-order chi connectivity index (χ0) is 34.7. The summed E-state index contributed by atoms with van der Waals surface area (Å²) in [5.41, 5.74) is 4.81. The van der Waals surface area contributed by atoms with E-state index in [1.54, 1.807) is 23.8 Å². The monoisotopic (exact) mass is 710 g/mol. The lowest BCUT2D eigenvalue weighted by atomic mass is 9.66. The molecule has 4 aromatic rings. The molecule has 4 bridgehead atoms. The number of hydrogen-bond donors (Lipinski definition) is 2. The molecule has 6 heterocycles. The molecule has 8 nitrogen and oxygen atoms in total. The van der Waals surface area contributed by atoms with E-state index in [9.17, 15) is 9.59 Å². The molecule has 2 amide bonds. The van der Waals surface area contributed by atoms with Crippen LogP contribution in [0, 0.1) is 11.8 Å². The molecule has 2 aromatic heterocycles. The van der Waals surface area contributed by atoms with Gasteiger partial charge in [0, 0.05) is 35.7 Å². The van der Waals surface area contributed by atoms with Crippen LogP contribution in [-0.2, 0) is 0 Å². The second kappa shape index (κ2) is 14.9. The number of hydrogen-bond acceptors (Lipinski definition) is 7. The Balaban J connectivity index is 0.000000157. The Kier molecular flexibility index (Phi) is 10.4. The van der Waals surface area contributed by atoms with Crippen LogP contribution in [0.1, 0.15) is 95.6 Å². The second-order valence-corrected chi connectivity index (χ2v) is 15.8. The molecule has 262 valence electrons. The topological polar surface area (TPSA) is 90.5 Å². The second-order valence-electron chi connectivity index (χ2n) is 14.7. The Morgan fingerprint density at radius 2 is 1.24 bits per heavy atom. The maximum Gasteiger partial charge on any atom is 0.271 e. The summed E-state index contributed by atoms with van der Waals surface area (Å²) in [7, 11) is 4.41. The Labute approximate surface area is 304 Å². The quantitative estimate of drug-likeness (QED) is 0.196. The summed E-state index contributed by atoms with van der Waals surface area (Å²) in [6.45, 7) is 2.24. The van der Waals surface area contributed by atoms with Gasteiger partial charge >= 0.3 is 0 Å². The molecule has 6 aliphatic rings. The highest BCUT2D eigenvalue weighted by atomic mass is 35.5. The number of thiazole rings is 1. The minimum absolute atomic E-state index is 0.000787. The highest BCUT2D eigenvalue weighted by Gasteiger charge is 2.51. The van der Waals surface area contributed by atoms with E-state index in [1.807, 2.05) is 29.6 Å². The van der Waals surface area contributed by atoms with Crippen molar-refractivity contribution < 1.29 is 9.59 Å². The number of carbonyl (C=O) groups is 2. The van der Waals surface area contributed by atoms with Crippen molar-refractivity contribution in [2.75, 3.05) is 27.2 Å². The number of fused-ring (bicyclic) bond motifs is 6. The molecular weight excluding hydrogens is 664 g/mol. The summed E-state index contributed by atoms with van der Waals surface area (Å²) in [5.74, 6) is 1.34. The first kappa shape index (κ1) is 34.8. The highest BCUT2D eigenvalue weighted by molar-refractivity contribution is 7.07. The van der Waals surface area contributed by atoms with Crippen LogP contribution in [0.15, 0.2) is 89.9 Å². The van der Waals surface area contributed by atoms with Crippen LogP contribution >= 0.6 is 22.9 Å². The van der Waals surface area contributed by atoms with Gasteiger partial charge in [0.15, 0.2) is 0 Å². The van der Waals surface area contributed by atoms with Crippen molar-refractivity contribution in [1.82, 2.24) is 30.4 Å². The largest absolute Gasteiger partial charge is 0.342 e. The standard InChI is InChI=1S/C21H24ClN3O.C19H23N3OS/c1-25-14-15-9-11-21(25,12-10-15)19(16-6-3-2-4-7-16)24-20(26)18-17(22)8-5-13-23-18;1-22-11-14-7-9-19(22,10-8-14)17(15-5-3-2-4-6-15)21-18(23)16-12-24-13-20-16/h2-8,13,15,19H,9-12,14H2,1H3,(H,24,26);2-6,12-14,17H,7-11H2,1H3,(H,21,23)/t;14?,17-,19?/m.1/s1. The lowest BCUT2D eigenvalue weighted by Crippen LogP contribution is -2.62. The van der Waals surface area contributed by atoms with E-state index in [1.165, 1.54) is 42.6 Å². The number of aromatic nitrogens is 2. The van der Waals surface area contributed by atoms with Gasteiger partial charge in [0.1, 0.15) is 11.4 Å². The van der Waals surface area contributed by atoms with Crippen LogP contribution in [-0.4, -0.2) is 69.8 Å². The van der Waals surface area contributed by atoms with Gasteiger partial charge in [-0.3, -0.25) is 19.4 Å². The molecule has 10 rings (SSSR count). The number of nitrogens with one attached hydrogen (secondary N) is 2. The molecule has 10 heteroatoms. The zero-order valence-corrected chi connectivity index (χ0v) is 30.5. The number of carbonyl (C=O) groups excluding carboxylic acids is 2. The van der Waals surface area contributed by atoms with E-state index in [0.717, 1.165) is 56.2 Å². The smallest absolute Gasteiger partial charge is 0.271 e. The third-order valence-electron chi connectivity index (χ3n) is 12.1. The first-order valence-corrected chi connectivity index (χ1v) is 19.2. The van der Waals surface area contributed by atoms with E-state index in [2.05, 4.69) is 80.9 Å². The summed E-state index contributed by atoms with van der Waals surface area (Å²) in [6, 6.07) is 24.1. The SMILES string of the molecule is CN1CC2CCC1(C(NC(=O)c1ncccc1Cl)c1ccccc1)CC2.CN1CC2CCC1([C@H](NC(=O)c1cscn1)c1ccccc1)CC2. The van der Waals surface area contributed by atoms with Crippen LogP contribution in [0.25, 0.3) is 0 Å². The lowest BCUT2D eigenvalue weighted by Gasteiger charge is -2.57. The minimum atomic E-state index is -0.208. The highest BCUT2D eigenvalue weighted by Crippen LogP contribution is 2.50. The van der Waals surface area contributed by atoms with Gasteiger partial charge in [-0.15, -0.1) is 11.3 Å². The van der Waals surface area contributed by atoms with Crippen molar-refractivity contribution >= 4 is 34.8 Å². The number of amides is 2. The third kappa shape index (κ3) is 6.85. The molecule has 0 spiro atoms. The molecule has 6 fully saturated rings. The molecule has 4 saturated heterocycles. The van der Waals surface area contributed by atoms with Crippen molar-refractivity contribution in [2.45, 2.75) is 74.5 Å². The number of halogens is 1. The molecule has 2 aliphatic carbocycles. The average molecular weight is 711 g/mol. The number of piperidine rings is 4. The van der Waals surface area contributed by atoms with Crippen molar-refractivity contribution in [2.24, 2.45) is 11.8 Å². The molecule has 0 radical (unpaired) electrons. The third-order valence-corrected chi connectivity index (χ3v) is 12.9. The Morgan fingerprint density at radius 3 is 1.68 bits per heavy atom. The first-order chi connectivity index (χ1) is 24.3. The van der Waals surface area contributed by atoms with Gasteiger partial charge < -0.3 is 10.6 Å². The molecule has 2 N–H and O–H groups in total. The van der Waals surface area contributed by atoms with Gasteiger partial charge in [-0.05, 0) is 101 Å². The van der Waals surface area contributed by atoms with Gasteiger partial charge in [0.25, 0.3) is 11.8 Å². The molecule has 2 atom stereocenters. The number of nitrogens with zero attached hydrogens (tertiary/aromatic N) is 4. The summed E-state index contributed by atoms with van der Waals surface area (Å²) < 4.78 is 0. The first-order valence-electron chi connectivity index (χ1n) is 17.9. The Bertz CT molecular complexity index is 1740. The van der Waals surface area contributed by atoms with Crippen molar-refractivity contribution in [3.05, 3.63) is 117 Å². The maximum atomic E-state index is 13.0. The number of likely N-dealkylation sites (N-methyl/N-ethyl adjacent to an activating group) is 2. The number of rotatable bonds is 8. The van der Waals surface area contributed by atoms with Gasteiger partial charge in [-0.1, -0.05) is 72.3 Å². The predicted octanol–water partition coefficient (Wildman–Crippen LogP) is 7.57. The number of benzene rings is 2. The number of pyridine rings is 1. The normalized spacial score (nSPS) is 27.1. The van der Waals surface area contributed by atoms with E-state index in [0.29, 0.717) is 16.4 Å². The van der Waals surface area contributed by atoms with E-state index in [4.69, 9.17) is 11.6 Å². The van der Waals surface area contributed by atoms with E-state index in [-0.39, 0.29) is 35.0 Å². The predicted molar refractivity (Wildman–Crippen MR) is 199 cm³/mol. The van der Waals surface area contributed by atoms with Gasteiger partial charge in [0.2, 0.25) is 0 Å². The summed E-state index contributed by atoms with van der Waals surface area (Å²) in [6.07, 6.45) is 11.1. The average Bonchev–Trinajstić information content (AvgIpc) is 3.71.